The van der Waals surface area contributed by atoms with Crippen LogP contribution in [0.5, 0.6) is 0 Å². The number of carboxylic acid groups (broad SMARTS) is 1. The molecule has 0 aromatic heterocycles. The summed E-state index contributed by atoms with van der Waals surface area (Å²) in [5, 5.41) is 12.4. The average molecular weight is 300 g/mol. The second kappa shape index (κ2) is 6.05. The zero-order valence-electron chi connectivity index (χ0n) is 10.3. The highest BCUT2D eigenvalue weighted by atomic mass is 79.9. The van der Waals surface area contributed by atoms with Gasteiger partial charge in [-0.1, -0.05) is 19.9 Å². The molecule has 0 spiro atoms. The van der Waals surface area contributed by atoms with Crippen LogP contribution >= 0.6 is 15.9 Å². The molecular formula is C13H18BrNO2. The monoisotopic (exact) mass is 299 g/mol. The first kappa shape index (κ1) is 14.0. The van der Waals surface area contributed by atoms with E-state index in [0.717, 1.165) is 6.42 Å². The molecule has 0 saturated carbocycles. The minimum absolute atomic E-state index is 0.252. The van der Waals surface area contributed by atoms with E-state index in [2.05, 4.69) is 42.0 Å². The van der Waals surface area contributed by atoms with Crippen molar-refractivity contribution in [3.05, 3.63) is 28.2 Å². The maximum atomic E-state index is 11.2. The first-order chi connectivity index (χ1) is 7.91. The molecule has 17 heavy (non-hydrogen) atoms. The Kier molecular flexibility index (Phi) is 5.00. The van der Waals surface area contributed by atoms with E-state index >= 15 is 0 Å². The first-order valence-electron chi connectivity index (χ1n) is 5.70. The van der Waals surface area contributed by atoms with Gasteiger partial charge in [-0.2, -0.15) is 0 Å². The highest BCUT2D eigenvalue weighted by molar-refractivity contribution is 9.10. The van der Waals surface area contributed by atoms with E-state index in [0.29, 0.717) is 21.6 Å². The fraction of sp³-hybridized carbons (Fsp3) is 0.462. The summed E-state index contributed by atoms with van der Waals surface area (Å²) in [4.78, 5) is 11.2. The summed E-state index contributed by atoms with van der Waals surface area (Å²) >= 11 is 3.27. The number of aromatic carboxylic acids is 1. The fourth-order valence-electron chi connectivity index (χ4n) is 1.89. The number of hydrogen-bond donors (Lipinski definition) is 2. The lowest BCUT2D eigenvalue weighted by Gasteiger charge is -2.19. The number of hydrogen-bond acceptors (Lipinski definition) is 2. The number of rotatable bonds is 5. The highest BCUT2D eigenvalue weighted by Crippen LogP contribution is 2.26. The molecule has 1 aromatic rings. The van der Waals surface area contributed by atoms with Gasteiger partial charge >= 0.3 is 5.97 Å². The second-order valence-corrected chi connectivity index (χ2v) is 5.50. The van der Waals surface area contributed by atoms with Crippen LogP contribution in [0.4, 0.5) is 5.69 Å². The summed E-state index contributed by atoms with van der Waals surface area (Å²) in [6.07, 6.45) is 1.01. The van der Waals surface area contributed by atoms with Crippen LogP contribution in [0, 0.1) is 5.92 Å². The van der Waals surface area contributed by atoms with Gasteiger partial charge in [-0.15, -0.1) is 0 Å². The summed E-state index contributed by atoms with van der Waals surface area (Å²) in [5.41, 5.74) is 0.961. The smallest absolute Gasteiger partial charge is 0.338 e. The predicted molar refractivity (Wildman–Crippen MR) is 73.6 cm³/mol. The number of anilines is 1. The van der Waals surface area contributed by atoms with E-state index in [1.165, 1.54) is 0 Å². The number of carbonyl (C=O) groups is 1. The molecule has 0 aliphatic carbocycles. The van der Waals surface area contributed by atoms with Crippen molar-refractivity contribution < 1.29 is 9.90 Å². The van der Waals surface area contributed by atoms with E-state index in [9.17, 15) is 9.90 Å². The topological polar surface area (TPSA) is 49.3 Å². The Morgan fingerprint density at radius 1 is 1.41 bits per heavy atom. The van der Waals surface area contributed by atoms with Crippen molar-refractivity contribution in [3.8, 4) is 0 Å². The predicted octanol–water partition coefficient (Wildman–Crippen LogP) is 3.99. The Labute approximate surface area is 110 Å². The van der Waals surface area contributed by atoms with Crippen LogP contribution in [0.1, 0.15) is 37.6 Å². The largest absolute Gasteiger partial charge is 0.478 e. The van der Waals surface area contributed by atoms with E-state index in [4.69, 9.17) is 0 Å². The van der Waals surface area contributed by atoms with Gasteiger partial charge in [-0.05, 0) is 47.3 Å². The van der Waals surface area contributed by atoms with E-state index in [1.807, 2.05) is 6.07 Å². The third kappa shape index (κ3) is 4.04. The summed E-state index contributed by atoms with van der Waals surface area (Å²) in [6, 6.07) is 5.62. The lowest BCUT2D eigenvalue weighted by atomic mass is 10.0. The van der Waals surface area contributed by atoms with Crippen LogP contribution < -0.4 is 5.32 Å². The molecule has 0 saturated heterocycles. The number of nitrogens with one attached hydrogen (secondary N) is 1. The average Bonchev–Trinajstić information content (AvgIpc) is 2.15. The summed E-state index contributed by atoms with van der Waals surface area (Å²) in [5.74, 6) is -0.338. The molecule has 0 aliphatic heterocycles. The van der Waals surface area contributed by atoms with Crippen molar-refractivity contribution >= 4 is 27.6 Å². The Balaban J connectivity index is 2.91. The molecule has 0 amide bonds. The molecule has 1 atom stereocenters. The van der Waals surface area contributed by atoms with Gasteiger partial charge in [0.1, 0.15) is 0 Å². The molecule has 2 N–H and O–H groups in total. The van der Waals surface area contributed by atoms with Gasteiger partial charge in [-0.3, -0.25) is 0 Å². The number of carboxylic acids is 1. The molecule has 0 heterocycles. The molecule has 1 rings (SSSR count). The van der Waals surface area contributed by atoms with Crippen LogP contribution in [0.25, 0.3) is 0 Å². The quantitative estimate of drug-likeness (QED) is 0.864. The van der Waals surface area contributed by atoms with Gasteiger partial charge < -0.3 is 10.4 Å². The van der Waals surface area contributed by atoms with E-state index in [1.54, 1.807) is 12.1 Å². The fourth-order valence-corrected chi connectivity index (χ4v) is 2.43. The zero-order chi connectivity index (χ0) is 13.0. The maximum absolute atomic E-state index is 11.2. The van der Waals surface area contributed by atoms with Gasteiger partial charge in [0.25, 0.3) is 0 Å². The molecule has 1 aromatic carbocycles. The normalized spacial score (nSPS) is 12.5. The van der Waals surface area contributed by atoms with Gasteiger partial charge in [0.15, 0.2) is 0 Å². The molecule has 3 nitrogen and oxygen atoms in total. The lowest BCUT2D eigenvalue weighted by molar-refractivity contribution is 0.0697. The van der Waals surface area contributed by atoms with Crippen LogP contribution in [0.15, 0.2) is 22.7 Å². The van der Waals surface area contributed by atoms with Crippen LogP contribution in [-0.4, -0.2) is 17.1 Å². The Morgan fingerprint density at radius 3 is 2.59 bits per heavy atom. The molecule has 1 unspecified atom stereocenters. The third-order valence-electron chi connectivity index (χ3n) is 2.45. The summed E-state index contributed by atoms with van der Waals surface area (Å²) < 4.78 is 0.603. The third-order valence-corrected chi connectivity index (χ3v) is 3.12. The Bertz CT molecular complexity index is 404. The Morgan fingerprint density at radius 2 is 2.06 bits per heavy atom. The van der Waals surface area contributed by atoms with Crippen molar-refractivity contribution in [2.45, 2.75) is 33.2 Å². The Hall–Kier alpha value is -1.03. The first-order valence-corrected chi connectivity index (χ1v) is 6.49. The van der Waals surface area contributed by atoms with Gasteiger partial charge in [0, 0.05) is 10.5 Å². The second-order valence-electron chi connectivity index (χ2n) is 4.64. The summed E-state index contributed by atoms with van der Waals surface area (Å²) in [6.45, 7) is 6.36. The van der Waals surface area contributed by atoms with Crippen molar-refractivity contribution in [3.63, 3.8) is 0 Å². The zero-order valence-corrected chi connectivity index (χ0v) is 11.9. The van der Waals surface area contributed by atoms with Crippen LogP contribution in [-0.2, 0) is 0 Å². The minimum atomic E-state index is -0.920. The van der Waals surface area contributed by atoms with Crippen molar-refractivity contribution in [1.29, 1.82) is 0 Å². The molecule has 4 heteroatoms. The summed E-state index contributed by atoms with van der Waals surface area (Å²) in [7, 11) is 0. The van der Waals surface area contributed by atoms with Crippen LogP contribution in [0.2, 0.25) is 0 Å². The van der Waals surface area contributed by atoms with Crippen molar-refractivity contribution in [1.82, 2.24) is 0 Å². The van der Waals surface area contributed by atoms with E-state index < -0.39 is 5.97 Å². The molecule has 0 aliphatic rings. The molecule has 0 radical (unpaired) electrons. The molecule has 0 bridgehead atoms. The molecular weight excluding hydrogens is 282 g/mol. The van der Waals surface area contributed by atoms with Crippen molar-refractivity contribution in [2.24, 2.45) is 5.92 Å². The number of halogens is 1. The van der Waals surface area contributed by atoms with Gasteiger partial charge in [0.2, 0.25) is 0 Å². The van der Waals surface area contributed by atoms with E-state index in [-0.39, 0.29) is 6.04 Å². The van der Waals surface area contributed by atoms with Gasteiger partial charge in [0.05, 0.1) is 11.3 Å². The van der Waals surface area contributed by atoms with Gasteiger partial charge in [-0.25, -0.2) is 4.79 Å². The molecule has 94 valence electrons. The van der Waals surface area contributed by atoms with Crippen molar-refractivity contribution in [2.75, 3.05) is 5.32 Å². The standard InChI is InChI=1S/C13H18BrNO2/c1-8(2)7-9(3)15-11-6-4-5-10(14)12(11)13(16)17/h4-6,8-9,15H,7H2,1-3H3,(H,16,17). The number of benzene rings is 1. The SMILES string of the molecule is CC(C)CC(C)Nc1cccc(Br)c1C(=O)O. The van der Waals surface area contributed by atoms with Crippen LogP contribution in [0.3, 0.4) is 0 Å². The lowest BCUT2D eigenvalue weighted by Crippen LogP contribution is -2.19. The molecule has 0 fully saturated rings. The maximum Gasteiger partial charge on any atom is 0.338 e. The highest BCUT2D eigenvalue weighted by Gasteiger charge is 2.15. The minimum Gasteiger partial charge on any atom is -0.478 e.